The van der Waals surface area contributed by atoms with Gasteiger partial charge in [0.15, 0.2) is 0 Å². The SMILES string of the molecule is CN1CCc2cc([C@H](CNC(=O)C(=O)Nc3ccc(C(F)(F)F)cc3)N(C)C)ccc21. The van der Waals surface area contributed by atoms with Crippen LogP contribution in [0, 0.1) is 0 Å². The van der Waals surface area contributed by atoms with E-state index in [0.29, 0.717) is 0 Å². The number of nitrogens with one attached hydrogen (secondary N) is 2. The molecule has 3 rings (SSSR count). The molecule has 2 amide bonds. The molecule has 2 N–H and O–H groups in total. The summed E-state index contributed by atoms with van der Waals surface area (Å²) in [5, 5.41) is 4.93. The number of carbonyl (C=O) groups excluding carboxylic acids is 2. The van der Waals surface area contributed by atoms with Gasteiger partial charge in [0, 0.05) is 31.5 Å². The van der Waals surface area contributed by atoms with E-state index in [1.807, 2.05) is 32.1 Å². The predicted octanol–water partition coefficient (Wildman–Crippen LogP) is 3.06. The summed E-state index contributed by atoms with van der Waals surface area (Å²) < 4.78 is 37.9. The smallest absolute Gasteiger partial charge is 0.374 e. The van der Waals surface area contributed by atoms with E-state index >= 15 is 0 Å². The molecule has 0 spiro atoms. The minimum Gasteiger partial charge on any atom is -0.374 e. The largest absolute Gasteiger partial charge is 0.416 e. The first-order valence-corrected chi connectivity index (χ1v) is 9.83. The van der Waals surface area contributed by atoms with E-state index in [0.717, 1.165) is 42.8 Å². The Labute approximate surface area is 179 Å². The number of halogens is 3. The molecule has 2 aromatic rings. The highest BCUT2D eigenvalue weighted by molar-refractivity contribution is 6.39. The number of anilines is 2. The first-order chi connectivity index (χ1) is 14.6. The quantitative estimate of drug-likeness (QED) is 0.710. The second kappa shape index (κ2) is 8.97. The van der Waals surface area contributed by atoms with Gasteiger partial charge in [-0.2, -0.15) is 13.2 Å². The lowest BCUT2D eigenvalue weighted by Crippen LogP contribution is -2.40. The Balaban J connectivity index is 1.60. The van der Waals surface area contributed by atoms with E-state index in [9.17, 15) is 22.8 Å². The third-order valence-electron chi connectivity index (χ3n) is 5.37. The Kier molecular flexibility index (Phi) is 6.54. The molecule has 0 saturated carbocycles. The van der Waals surface area contributed by atoms with Gasteiger partial charge >= 0.3 is 18.0 Å². The fraction of sp³-hybridized carbons (Fsp3) is 0.364. The molecule has 1 heterocycles. The van der Waals surface area contributed by atoms with Gasteiger partial charge in [0.2, 0.25) is 0 Å². The standard InChI is InChI=1S/C22H25F3N4O2/c1-28(2)19(14-4-9-18-15(12-14)10-11-29(18)3)13-26-20(30)21(31)27-17-7-5-16(6-8-17)22(23,24)25/h4-9,12,19H,10-11,13H2,1-3H3,(H,26,30)(H,27,31)/t19-/m0/s1. The fourth-order valence-corrected chi connectivity index (χ4v) is 3.59. The number of amides is 2. The fourth-order valence-electron chi connectivity index (χ4n) is 3.59. The minimum atomic E-state index is -4.46. The van der Waals surface area contributed by atoms with E-state index in [1.54, 1.807) is 0 Å². The number of likely N-dealkylation sites (N-methyl/N-ethyl adjacent to an activating group) is 2. The molecule has 0 aromatic heterocycles. The molecule has 0 aliphatic carbocycles. The van der Waals surface area contributed by atoms with Crippen LogP contribution in [0.2, 0.25) is 0 Å². The van der Waals surface area contributed by atoms with Gasteiger partial charge in [-0.1, -0.05) is 12.1 Å². The zero-order chi connectivity index (χ0) is 22.8. The third kappa shape index (κ3) is 5.35. The molecule has 0 saturated heterocycles. The number of rotatable bonds is 5. The van der Waals surface area contributed by atoms with Crippen LogP contribution in [0.15, 0.2) is 42.5 Å². The van der Waals surface area contributed by atoms with Crippen LogP contribution in [-0.4, -0.2) is 50.9 Å². The van der Waals surface area contributed by atoms with Crippen molar-refractivity contribution in [2.75, 3.05) is 44.4 Å². The number of fused-ring (bicyclic) bond motifs is 1. The molecule has 6 nitrogen and oxygen atoms in total. The summed E-state index contributed by atoms with van der Waals surface area (Å²) in [6.07, 6.45) is -3.50. The highest BCUT2D eigenvalue weighted by atomic mass is 19.4. The van der Waals surface area contributed by atoms with E-state index in [-0.39, 0.29) is 18.3 Å². The van der Waals surface area contributed by atoms with Crippen molar-refractivity contribution in [1.82, 2.24) is 10.2 Å². The van der Waals surface area contributed by atoms with E-state index in [4.69, 9.17) is 0 Å². The summed E-state index contributed by atoms with van der Waals surface area (Å²) in [5.74, 6) is -1.79. The van der Waals surface area contributed by atoms with Crippen LogP contribution >= 0.6 is 0 Å². The zero-order valence-corrected chi connectivity index (χ0v) is 17.6. The lowest BCUT2D eigenvalue weighted by Gasteiger charge is -2.26. The molecule has 0 fully saturated rings. The average Bonchev–Trinajstić information content (AvgIpc) is 3.07. The molecule has 9 heteroatoms. The number of carbonyl (C=O) groups is 2. The van der Waals surface area contributed by atoms with Crippen LogP contribution in [0.3, 0.4) is 0 Å². The molecular formula is C22H25F3N4O2. The molecule has 0 unspecified atom stereocenters. The summed E-state index contributed by atoms with van der Waals surface area (Å²) in [5.41, 5.74) is 2.76. The van der Waals surface area contributed by atoms with Gasteiger partial charge in [-0.3, -0.25) is 9.59 Å². The summed E-state index contributed by atoms with van der Waals surface area (Å²) >= 11 is 0. The Bertz CT molecular complexity index is 958. The maximum absolute atomic E-state index is 12.6. The van der Waals surface area contributed by atoms with Crippen LogP contribution in [0.4, 0.5) is 24.5 Å². The maximum atomic E-state index is 12.6. The van der Waals surface area contributed by atoms with Gasteiger partial charge in [0.25, 0.3) is 0 Å². The molecule has 0 bridgehead atoms. The Morgan fingerprint density at radius 1 is 1.10 bits per heavy atom. The lowest BCUT2D eigenvalue weighted by atomic mass is 10.0. The first-order valence-electron chi connectivity index (χ1n) is 9.83. The highest BCUT2D eigenvalue weighted by Gasteiger charge is 2.30. The van der Waals surface area contributed by atoms with E-state index < -0.39 is 23.6 Å². The molecule has 1 aliphatic rings. The lowest BCUT2D eigenvalue weighted by molar-refractivity contribution is -0.137. The Morgan fingerprint density at radius 2 is 1.77 bits per heavy atom. The van der Waals surface area contributed by atoms with Crippen molar-refractivity contribution < 1.29 is 22.8 Å². The monoisotopic (exact) mass is 434 g/mol. The number of benzene rings is 2. The van der Waals surface area contributed by atoms with Crippen LogP contribution in [-0.2, 0) is 22.2 Å². The van der Waals surface area contributed by atoms with Gasteiger partial charge in [-0.05, 0) is 62.0 Å². The Morgan fingerprint density at radius 3 is 2.39 bits per heavy atom. The van der Waals surface area contributed by atoms with Crippen LogP contribution < -0.4 is 15.5 Å². The van der Waals surface area contributed by atoms with Gasteiger partial charge in [0.1, 0.15) is 0 Å². The van der Waals surface area contributed by atoms with Gasteiger partial charge in [-0.25, -0.2) is 0 Å². The van der Waals surface area contributed by atoms with Crippen molar-refractivity contribution in [2.24, 2.45) is 0 Å². The van der Waals surface area contributed by atoms with Crippen LogP contribution in [0.25, 0.3) is 0 Å². The predicted molar refractivity (Wildman–Crippen MR) is 113 cm³/mol. The molecule has 1 atom stereocenters. The number of nitrogens with zero attached hydrogens (tertiary/aromatic N) is 2. The van der Waals surface area contributed by atoms with Gasteiger partial charge in [-0.15, -0.1) is 0 Å². The normalized spacial score (nSPS) is 14.4. The average molecular weight is 434 g/mol. The maximum Gasteiger partial charge on any atom is 0.416 e. The zero-order valence-electron chi connectivity index (χ0n) is 17.6. The van der Waals surface area contributed by atoms with E-state index in [1.165, 1.54) is 11.3 Å². The molecular weight excluding hydrogens is 409 g/mol. The summed E-state index contributed by atoms with van der Waals surface area (Å²) in [6.45, 7) is 1.17. The summed E-state index contributed by atoms with van der Waals surface area (Å²) in [6, 6.07) is 9.97. The Hall–Kier alpha value is -3.07. The topological polar surface area (TPSA) is 64.7 Å². The van der Waals surface area contributed by atoms with E-state index in [2.05, 4.69) is 27.7 Å². The van der Waals surface area contributed by atoms with Gasteiger partial charge in [0.05, 0.1) is 11.6 Å². The van der Waals surface area contributed by atoms with Crippen LogP contribution in [0.5, 0.6) is 0 Å². The number of hydrogen-bond donors (Lipinski definition) is 2. The van der Waals surface area contributed by atoms with Crippen molar-refractivity contribution in [3.05, 3.63) is 59.2 Å². The van der Waals surface area contributed by atoms with Crippen molar-refractivity contribution in [2.45, 2.75) is 18.6 Å². The van der Waals surface area contributed by atoms with Crippen molar-refractivity contribution >= 4 is 23.2 Å². The molecule has 0 radical (unpaired) electrons. The molecule has 1 aliphatic heterocycles. The third-order valence-corrected chi connectivity index (χ3v) is 5.37. The second-order valence-electron chi connectivity index (χ2n) is 7.78. The number of alkyl halides is 3. The molecule has 166 valence electrons. The van der Waals surface area contributed by atoms with Crippen molar-refractivity contribution in [3.63, 3.8) is 0 Å². The number of hydrogen-bond acceptors (Lipinski definition) is 4. The molecule has 2 aromatic carbocycles. The van der Waals surface area contributed by atoms with Crippen molar-refractivity contribution in [1.29, 1.82) is 0 Å². The first kappa shape index (κ1) is 22.6. The summed E-state index contributed by atoms with van der Waals surface area (Å²) in [7, 11) is 5.82. The highest BCUT2D eigenvalue weighted by Crippen LogP contribution is 2.31. The van der Waals surface area contributed by atoms with Gasteiger partial charge < -0.3 is 20.4 Å². The summed E-state index contributed by atoms with van der Waals surface area (Å²) in [4.78, 5) is 28.5. The second-order valence-corrected chi connectivity index (χ2v) is 7.78. The molecule has 31 heavy (non-hydrogen) atoms. The van der Waals surface area contributed by atoms with Crippen molar-refractivity contribution in [3.8, 4) is 0 Å². The minimum absolute atomic E-state index is 0.111. The van der Waals surface area contributed by atoms with Crippen LogP contribution in [0.1, 0.15) is 22.7 Å².